The van der Waals surface area contributed by atoms with Crippen LogP contribution in [0.2, 0.25) is 0 Å². The zero-order valence-corrected chi connectivity index (χ0v) is 26.7. The number of hydrogen-bond acceptors (Lipinski definition) is 7. The summed E-state index contributed by atoms with van der Waals surface area (Å²) in [6, 6.07) is 28.4. The van der Waals surface area contributed by atoms with Crippen LogP contribution >= 0.6 is 0 Å². The van der Waals surface area contributed by atoms with E-state index in [2.05, 4.69) is 15.0 Å². The van der Waals surface area contributed by atoms with E-state index in [-0.39, 0.29) is 17.3 Å². The number of aryl methyl sites for hydroxylation is 1. The van der Waals surface area contributed by atoms with Gasteiger partial charge in [-0.05, 0) is 59.7 Å². The molecule has 0 fully saturated rings. The molecule has 8 nitrogen and oxygen atoms in total. The minimum Gasteiger partial charge on any atom is -0.507 e. The van der Waals surface area contributed by atoms with Gasteiger partial charge in [-0.1, -0.05) is 60.7 Å². The Bertz CT molecular complexity index is 2160. The van der Waals surface area contributed by atoms with Gasteiger partial charge in [0.15, 0.2) is 5.16 Å². The van der Waals surface area contributed by atoms with Crippen molar-refractivity contribution in [2.75, 3.05) is 14.2 Å². The zero-order valence-electron chi connectivity index (χ0n) is 25.9. The fraction of sp³-hybridized carbons (Fsp3) is 0.135. The molecular weight excluding hydrogens is 598 g/mol. The minimum atomic E-state index is -1.33. The number of phenols is 2. The lowest BCUT2D eigenvalue weighted by molar-refractivity contribution is 0.407. The Morgan fingerprint density at radius 1 is 0.783 bits per heavy atom. The molecule has 2 heterocycles. The topological polar surface area (TPSA) is 118 Å². The van der Waals surface area contributed by atoms with Crippen molar-refractivity contribution in [3.8, 4) is 34.1 Å². The highest BCUT2D eigenvalue weighted by Crippen LogP contribution is 2.44. The van der Waals surface area contributed by atoms with Gasteiger partial charge in [-0.15, -0.1) is 0 Å². The second-order valence-electron chi connectivity index (χ2n) is 10.8. The number of hydrogen-bond donors (Lipinski definition) is 3. The third-order valence-corrected chi connectivity index (χ3v) is 9.12. The van der Waals surface area contributed by atoms with E-state index in [0.29, 0.717) is 16.3 Å². The van der Waals surface area contributed by atoms with Gasteiger partial charge in [0.05, 0.1) is 47.5 Å². The molecule has 0 bridgehead atoms. The molecule has 0 aliphatic carbocycles. The monoisotopic (exact) mass is 631 g/mol. The molecule has 2 aromatic heterocycles. The van der Waals surface area contributed by atoms with Crippen LogP contribution in [0.5, 0.6) is 23.0 Å². The Morgan fingerprint density at radius 3 is 1.98 bits per heavy atom. The summed E-state index contributed by atoms with van der Waals surface area (Å²) in [5.41, 5.74) is 5.51. The van der Waals surface area contributed by atoms with Crippen LogP contribution in [0, 0.1) is 13.8 Å². The molecule has 9 heteroatoms. The molecular formula is C37H33N3O5S. The number of nitrogens with zero attached hydrogens (tertiary/aromatic N) is 2. The normalized spacial score (nSPS) is 11.7. The summed E-state index contributed by atoms with van der Waals surface area (Å²) in [7, 11) is 1.91. The van der Waals surface area contributed by atoms with Crippen molar-refractivity contribution in [3.63, 3.8) is 0 Å². The fourth-order valence-electron chi connectivity index (χ4n) is 5.65. The number of ether oxygens (including phenoxy) is 2. The number of fused-ring (bicyclic) bond motifs is 3. The lowest BCUT2D eigenvalue weighted by Gasteiger charge is -2.14. The Kier molecular flexibility index (Phi) is 8.59. The number of nitrogens with one attached hydrogen (secondary N) is 1. The van der Waals surface area contributed by atoms with Crippen LogP contribution in [0.4, 0.5) is 0 Å². The molecule has 0 aliphatic rings. The number of aromatic amines is 1. The minimum absolute atomic E-state index is 0.172. The Labute approximate surface area is 268 Å². The number of rotatable bonds is 6. The summed E-state index contributed by atoms with van der Waals surface area (Å²) >= 11 is 0. The summed E-state index contributed by atoms with van der Waals surface area (Å²) in [5.74, 6) is 2.13. The molecule has 0 spiro atoms. The zero-order chi connectivity index (χ0) is 32.4. The third-order valence-electron chi connectivity index (χ3n) is 7.96. The van der Waals surface area contributed by atoms with Gasteiger partial charge in [-0.3, -0.25) is 9.19 Å². The number of aromatic nitrogens is 3. The first kappa shape index (κ1) is 30.6. The van der Waals surface area contributed by atoms with E-state index in [4.69, 9.17) is 9.47 Å². The molecule has 0 radical (unpaired) electrons. The maximum absolute atomic E-state index is 12.7. The predicted octanol–water partition coefficient (Wildman–Crippen LogP) is 7.97. The molecule has 0 unspecified atom stereocenters. The maximum Gasteiger partial charge on any atom is 0.197 e. The van der Waals surface area contributed by atoms with E-state index in [1.807, 2.05) is 92.7 Å². The largest absolute Gasteiger partial charge is 0.507 e. The predicted molar refractivity (Wildman–Crippen MR) is 183 cm³/mol. The van der Waals surface area contributed by atoms with Crippen LogP contribution in [0.3, 0.4) is 0 Å². The van der Waals surface area contributed by atoms with Crippen LogP contribution in [-0.2, 0) is 16.6 Å². The highest BCUT2D eigenvalue weighted by Gasteiger charge is 2.17. The molecule has 7 rings (SSSR count). The average Bonchev–Trinajstić information content (AvgIpc) is 3.51. The first-order valence-corrected chi connectivity index (χ1v) is 15.9. The Balaban J connectivity index is 0.000000162. The van der Waals surface area contributed by atoms with Gasteiger partial charge in [0.1, 0.15) is 23.0 Å². The lowest BCUT2D eigenvalue weighted by Crippen LogP contribution is -2.05. The molecule has 0 aliphatic heterocycles. The van der Waals surface area contributed by atoms with Crippen molar-refractivity contribution >= 4 is 43.4 Å². The second-order valence-corrected chi connectivity index (χ2v) is 12.2. The lowest BCUT2D eigenvalue weighted by atomic mass is 9.92. The van der Waals surface area contributed by atoms with E-state index >= 15 is 0 Å². The molecule has 0 amide bonds. The molecule has 0 saturated heterocycles. The van der Waals surface area contributed by atoms with Crippen LogP contribution < -0.4 is 9.47 Å². The maximum atomic E-state index is 12.7. The SMILES string of the molecule is COc1ccc2nc([S@@](=O)Cc3ncc(C)c(OC)c3C)[nH]c2c1.Oc1ccc2ccccc2c1-c1c(O)ccc2ccccc12. The molecule has 0 saturated carbocycles. The van der Waals surface area contributed by atoms with Gasteiger partial charge >= 0.3 is 0 Å². The molecule has 3 N–H and O–H groups in total. The number of imidazole rings is 1. The average molecular weight is 632 g/mol. The molecule has 232 valence electrons. The van der Waals surface area contributed by atoms with Crippen molar-refractivity contribution < 1.29 is 23.9 Å². The number of aromatic hydroxyl groups is 2. The molecule has 1 atom stereocenters. The van der Waals surface area contributed by atoms with E-state index in [1.165, 1.54) is 0 Å². The van der Waals surface area contributed by atoms with Crippen molar-refractivity contribution in [3.05, 3.63) is 114 Å². The summed E-state index contributed by atoms with van der Waals surface area (Å²) < 4.78 is 23.3. The van der Waals surface area contributed by atoms with Crippen molar-refractivity contribution in [1.82, 2.24) is 15.0 Å². The fourth-order valence-corrected chi connectivity index (χ4v) is 6.75. The van der Waals surface area contributed by atoms with Gasteiger partial charge in [0.25, 0.3) is 0 Å². The van der Waals surface area contributed by atoms with Crippen LogP contribution in [0.1, 0.15) is 16.8 Å². The highest BCUT2D eigenvalue weighted by atomic mass is 32.2. The van der Waals surface area contributed by atoms with E-state index in [0.717, 1.165) is 60.9 Å². The number of pyridine rings is 1. The van der Waals surface area contributed by atoms with Crippen LogP contribution in [0.15, 0.2) is 102 Å². The Hall–Kier alpha value is -5.41. The first-order chi connectivity index (χ1) is 22.3. The smallest absolute Gasteiger partial charge is 0.197 e. The highest BCUT2D eigenvalue weighted by molar-refractivity contribution is 7.84. The summed E-state index contributed by atoms with van der Waals surface area (Å²) in [5, 5.41) is 25.2. The molecule has 7 aromatic rings. The van der Waals surface area contributed by atoms with Gasteiger partial charge in [-0.2, -0.15) is 0 Å². The number of phenolic OH excluding ortho intramolecular Hbond substituents is 2. The van der Waals surface area contributed by atoms with Crippen molar-refractivity contribution in [1.29, 1.82) is 0 Å². The quantitative estimate of drug-likeness (QED) is 0.170. The summed E-state index contributed by atoms with van der Waals surface area (Å²) in [6.45, 7) is 3.86. The van der Waals surface area contributed by atoms with Gasteiger partial charge in [0, 0.05) is 34.5 Å². The van der Waals surface area contributed by atoms with E-state index in [1.54, 1.807) is 32.5 Å². The van der Waals surface area contributed by atoms with Gasteiger partial charge in [-0.25, -0.2) is 4.98 Å². The second kappa shape index (κ2) is 12.9. The first-order valence-electron chi connectivity index (χ1n) is 14.6. The number of H-pyrrole nitrogens is 1. The van der Waals surface area contributed by atoms with Crippen molar-refractivity contribution in [2.45, 2.75) is 24.8 Å². The van der Waals surface area contributed by atoms with Crippen molar-refractivity contribution in [2.24, 2.45) is 0 Å². The number of benzene rings is 5. The number of methoxy groups -OCH3 is 2. The summed E-state index contributed by atoms with van der Waals surface area (Å²) in [4.78, 5) is 11.9. The standard InChI is InChI=1S/C20H14O2.C17H19N3O3S/c21-17-11-9-13-5-1-3-7-15(13)19(17)20-16-8-4-2-6-14(16)10-12-18(20)22;1-10-8-18-15(11(2)16(10)23-4)9-24(21)17-19-13-6-5-12(22-3)7-14(13)20-17/h1-12,21-22H;5-8H,9H2,1-4H3,(H,19,20)/t;24-/m.0/s1. The van der Waals surface area contributed by atoms with E-state index in [9.17, 15) is 14.4 Å². The molecule has 5 aromatic carbocycles. The van der Waals surface area contributed by atoms with E-state index < -0.39 is 10.8 Å². The van der Waals surface area contributed by atoms with Gasteiger partial charge < -0.3 is 24.7 Å². The van der Waals surface area contributed by atoms with Crippen LogP contribution in [-0.4, -0.2) is 43.6 Å². The summed E-state index contributed by atoms with van der Waals surface area (Å²) in [6.07, 6.45) is 1.74. The third kappa shape index (κ3) is 5.84. The van der Waals surface area contributed by atoms with Gasteiger partial charge in [0.2, 0.25) is 0 Å². The van der Waals surface area contributed by atoms with Crippen LogP contribution in [0.25, 0.3) is 43.7 Å². The molecule has 46 heavy (non-hydrogen) atoms. The Morgan fingerprint density at radius 2 is 1.39 bits per heavy atom.